The van der Waals surface area contributed by atoms with Crippen molar-refractivity contribution in [3.8, 4) is 28.4 Å². The molecule has 1 fully saturated rings. The molecule has 2 atom stereocenters. The lowest BCUT2D eigenvalue weighted by Crippen LogP contribution is -2.64. The van der Waals surface area contributed by atoms with Gasteiger partial charge in [-0.05, 0) is 44.0 Å². The van der Waals surface area contributed by atoms with Gasteiger partial charge in [0.25, 0.3) is 0 Å². The van der Waals surface area contributed by atoms with Crippen LogP contribution < -0.4 is 20.1 Å². The van der Waals surface area contributed by atoms with Crippen LogP contribution in [0.15, 0.2) is 47.9 Å². The number of carbonyl (C=O) groups excluding carboxylic acids is 1. The van der Waals surface area contributed by atoms with E-state index in [0.717, 1.165) is 16.7 Å². The fraction of sp³-hybridized carbons (Fsp3) is 0.344. The minimum Gasteiger partial charge on any atom is -0.504 e. The molecule has 3 aromatic heterocycles. The van der Waals surface area contributed by atoms with Crippen molar-refractivity contribution in [2.45, 2.75) is 56.5 Å². The van der Waals surface area contributed by atoms with Gasteiger partial charge in [0.2, 0.25) is 5.91 Å². The van der Waals surface area contributed by atoms with Crippen LogP contribution >= 0.6 is 0 Å². The number of nitrogens with zero attached hydrogens (tertiary/aromatic N) is 6. The molecule has 0 aliphatic carbocycles. The molecule has 0 spiro atoms. The third kappa shape index (κ3) is 5.56. The molecule has 2 aliphatic rings. The van der Waals surface area contributed by atoms with Gasteiger partial charge in [0.15, 0.2) is 23.1 Å². The van der Waals surface area contributed by atoms with Crippen LogP contribution in [0.2, 0.25) is 0 Å². The van der Waals surface area contributed by atoms with E-state index in [0.29, 0.717) is 6.07 Å². The molecule has 2 aliphatic heterocycles. The van der Waals surface area contributed by atoms with E-state index in [-0.39, 0.29) is 64.9 Å². The summed E-state index contributed by atoms with van der Waals surface area (Å²) in [6, 6.07) is 3.23. The zero-order chi connectivity index (χ0) is 35.7. The van der Waals surface area contributed by atoms with Gasteiger partial charge in [0.1, 0.15) is 60.1 Å². The van der Waals surface area contributed by atoms with E-state index in [4.69, 9.17) is 40.9 Å². The number of benzene rings is 1. The van der Waals surface area contributed by atoms with Crippen molar-refractivity contribution in [3.63, 3.8) is 0 Å². The Kier molecular flexibility index (Phi) is 8.39. The molecule has 2 bridgehead atoms. The van der Waals surface area contributed by atoms with Crippen molar-refractivity contribution < 1.29 is 27.4 Å². The summed E-state index contributed by atoms with van der Waals surface area (Å²) in [5, 5.41) is -5.28. The van der Waals surface area contributed by atoms with Crippen LogP contribution in [0.4, 0.5) is 19.0 Å². The molecule has 10 nitrogen and oxygen atoms in total. The van der Waals surface area contributed by atoms with E-state index >= 15 is 8.78 Å². The number of carbonyl (C=O) groups is 1. The SMILES string of the molecule is [B]C1([B])Oc2ccc(F)c(F)c2-c2nc3c(cc2F)c(N2C[C@@H](C)N(C(=O)C=C)C[C@@H]2C)nc(=O)n3-c2c(ccnc2C(C)C)OC1([B])[B]. The molecule has 1 aromatic carbocycles. The first-order valence-corrected chi connectivity index (χ1v) is 15.3. The molecule has 0 saturated carbocycles. The van der Waals surface area contributed by atoms with Crippen LogP contribution in [0.3, 0.4) is 0 Å². The summed E-state index contributed by atoms with van der Waals surface area (Å²) in [7, 11) is 25.0. The zero-order valence-corrected chi connectivity index (χ0v) is 27.1. The zero-order valence-electron chi connectivity index (χ0n) is 27.1. The Labute approximate surface area is 285 Å². The predicted molar refractivity (Wildman–Crippen MR) is 180 cm³/mol. The summed E-state index contributed by atoms with van der Waals surface area (Å²) >= 11 is 0. The third-order valence-corrected chi connectivity index (χ3v) is 8.66. The third-order valence-electron chi connectivity index (χ3n) is 8.66. The van der Waals surface area contributed by atoms with Crippen LogP contribution in [0.25, 0.3) is 28.0 Å². The number of hydrogen-bond acceptors (Lipinski definition) is 8. The van der Waals surface area contributed by atoms with Crippen LogP contribution in [0, 0.1) is 17.5 Å². The number of aromatic nitrogens is 4. The topological polar surface area (TPSA) is 103 Å². The minimum absolute atomic E-state index is 0.0167. The van der Waals surface area contributed by atoms with Gasteiger partial charge < -0.3 is 19.3 Å². The Morgan fingerprint density at radius 2 is 1.67 bits per heavy atom. The summed E-state index contributed by atoms with van der Waals surface area (Å²) in [6.45, 7) is 11.2. The molecule has 1 saturated heterocycles. The number of piperazine rings is 1. The summed E-state index contributed by atoms with van der Waals surface area (Å²) in [5.74, 6) is -5.41. The standard InChI is InChI=1S/C32H27B4F3N6O4/c1-6-22(46)43-12-16(5)44(13-15(43)4)28-17-11-19(38)26-23-20(8-7-18(37)24(23)39)48-31(33,34)32(35,36)49-21-9-10-40-25(14(2)3)27(21)45(29(17)41-26)30(47)42-28/h6-11,14-16H,1,12-13H2,2-5H3/t15-,16+/m1/s1. The van der Waals surface area contributed by atoms with Crippen LogP contribution in [-0.4, -0.2) is 97.7 Å². The molecule has 1 amide bonds. The van der Waals surface area contributed by atoms with Crippen molar-refractivity contribution in [1.82, 2.24) is 24.4 Å². The Morgan fingerprint density at radius 1 is 1.00 bits per heavy atom. The Bertz CT molecular complexity index is 2100. The maximum Gasteiger partial charge on any atom is 0.356 e. The molecule has 6 rings (SSSR count). The maximum absolute atomic E-state index is 16.4. The van der Waals surface area contributed by atoms with Gasteiger partial charge in [-0.15, -0.1) is 0 Å². The van der Waals surface area contributed by atoms with Gasteiger partial charge >= 0.3 is 5.69 Å². The Hall–Kier alpha value is -4.68. The Morgan fingerprint density at radius 3 is 2.33 bits per heavy atom. The molecule has 17 heteroatoms. The fourth-order valence-electron chi connectivity index (χ4n) is 6.09. The molecule has 0 N–H and O–H groups in total. The van der Waals surface area contributed by atoms with Crippen molar-refractivity contribution in [3.05, 3.63) is 76.7 Å². The predicted octanol–water partition coefficient (Wildman–Crippen LogP) is 2.75. The van der Waals surface area contributed by atoms with Gasteiger partial charge in [0, 0.05) is 48.2 Å². The lowest BCUT2D eigenvalue weighted by molar-refractivity contribution is -0.128. The number of anilines is 1. The smallest absolute Gasteiger partial charge is 0.356 e. The monoisotopic (exact) mass is 660 g/mol. The van der Waals surface area contributed by atoms with Crippen LogP contribution in [0.5, 0.6) is 11.5 Å². The average Bonchev–Trinajstić information content (AvgIpc) is 3.03. The molecule has 4 aromatic rings. The lowest BCUT2D eigenvalue weighted by atomic mass is 9.42. The first-order chi connectivity index (χ1) is 23.0. The molecule has 242 valence electrons. The van der Waals surface area contributed by atoms with Crippen molar-refractivity contribution in [1.29, 1.82) is 0 Å². The van der Waals surface area contributed by atoms with E-state index in [9.17, 15) is 14.0 Å². The second-order valence-electron chi connectivity index (χ2n) is 12.5. The first kappa shape index (κ1) is 34.2. The van der Waals surface area contributed by atoms with Crippen molar-refractivity contribution in [2.24, 2.45) is 0 Å². The second kappa shape index (κ2) is 12.0. The highest BCUT2D eigenvalue weighted by atomic mass is 19.2. The van der Waals surface area contributed by atoms with E-state index in [2.05, 4.69) is 21.5 Å². The number of rotatable bonds is 3. The highest BCUT2D eigenvalue weighted by Crippen LogP contribution is 2.42. The van der Waals surface area contributed by atoms with E-state index in [1.54, 1.807) is 23.6 Å². The fourth-order valence-corrected chi connectivity index (χ4v) is 6.09. The summed E-state index contributed by atoms with van der Waals surface area (Å²) in [5.41, 5.74) is -2.49. The highest BCUT2D eigenvalue weighted by Gasteiger charge is 2.42. The number of halogens is 3. The number of fused-ring (bicyclic) bond motifs is 5. The number of pyridine rings is 2. The van der Waals surface area contributed by atoms with E-state index in [1.165, 1.54) is 18.3 Å². The molecular formula is C32H27B4F3N6O4. The van der Waals surface area contributed by atoms with Crippen LogP contribution in [-0.2, 0) is 4.79 Å². The van der Waals surface area contributed by atoms with Gasteiger partial charge in [-0.3, -0.25) is 9.78 Å². The molecule has 49 heavy (non-hydrogen) atoms. The summed E-state index contributed by atoms with van der Waals surface area (Å²) in [4.78, 5) is 43.5. The highest BCUT2D eigenvalue weighted by molar-refractivity contribution is 6.53. The van der Waals surface area contributed by atoms with Gasteiger partial charge in [0.05, 0.1) is 16.6 Å². The van der Waals surface area contributed by atoms with Gasteiger partial charge in [-0.2, -0.15) is 4.98 Å². The molecule has 5 heterocycles. The normalized spacial score (nSPS) is 19.7. The average molecular weight is 660 g/mol. The quantitative estimate of drug-likeness (QED) is 0.245. The Balaban J connectivity index is 1.76. The molecule has 0 unspecified atom stereocenters. The van der Waals surface area contributed by atoms with E-state index in [1.807, 2.05) is 13.8 Å². The maximum atomic E-state index is 16.4. The molecule has 8 radical (unpaired) electrons. The van der Waals surface area contributed by atoms with Gasteiger partial charge in [-0.25, -0.2) is 27.5 Å². The van der Waals surface area contributed by atoms with Crippen molar-refractivity contribution in [2.75, 3.05) is 18.0 Å². The van der Waals surface area contributed by atoms with Crippen molar-refractivity contribution >= 4 is 54.1 Å². The lowest BCUT2D eigenvalue weighted by Gasteiger charge is -2.45. The second-order valence-corrected chi connectivity index (χ2v) is 12.5. The summed E-state index contributed by atoms with van der Waals surface area (Å²) < 4.78 is 59.5. The summed E-state index contributed by atoms with van der Waals surface area (Å²) in [6.07, 6.45) is 2.59. The largest absolute Gasteiger partial charge is 0.504 e. The number of amides is 1. The van der Waals surface area contributed by atoms with Crippen LogP contribution in [0.1, 0.15) is 39.3 Å². The first-order valence-electron chi connectivity index (χ1n) is 15.3. The van der Waals surface area contributed by atoms with Gasteiger partial charge in [-0.1, -0.05) is 20.4 Å². The number of hydrogen-bond donors (Lipinski definition) is 0. The minimum atomic E-state index is -2.68. The number of ether oxygens (including phenoxy) is 2. The molecular weight excluding hydrogens is 633 g/mol. The van der Waals surface area contributed by atoms with E-state index < -0.39 is 57.0 Å².